The Balaban J connectivity index is 2.42. The second-order valence-corrected chi connectivity index (χ2v) is 4.60. The average molecular weight is 200 g/mol. The first-order chi connectivity index (χ1) is 6.49. The molecule has 0 radical (unpaired) electrons. The number of carbonyl (C=O) groups excluding carboxylic acids is 1. The molecule has 0 aliphatic carbocycles. The summed E-state index contributed by atoms with van der Waals surface area (Å²) in [6, 6.07) is 0. The quantitative estimate of drug-likeness (QED) is 0.649. The molecule has 0 aromatic rings. The van der Waals surface area contributed by atoms with Crippen molar-refractivity contribution in [2.24, 2.45) is 0 Å². The van der Waals surface area contributed by atoms with E-state index in [0.29, 0.717) is 0 Å². The monoisotopic (exact) mass is 200 g/mol. The van der Waals surface area contributed by atoms with E-state index in [9.17, 15) is 4.79 Å². The summed E-state index contributed by atoms with van der Waals surface area (Å²) in [7, 11) is 0. The van der Waals surface area contributed by atoms with Gasteiger partial charge in [0.25, 0.3) is 0 Å². The van der Waals surface area contributed by atoms with Gasteiger partial charge in [0.2, 0.25) is 0 Å². The van der Waals surface area contributed by atoms with Crippen LogP contribution in [0.2, 0.25) is 0 Å². The zero-order chi connectivity index (χ0) is 10.6. The molecule has 0 aromatic carbocycles. The maximum atomic E-state index is 11.6. The number of carbonyl (C=O) groups is 1. The second-order valence-electron chi connectivity index (χ2n) is 4.60. The van der Waals surface area contributed by atoms with E-state index in [1.807, 2.05) is 20.8 Å². The summed E-state index contributed by atoms with van der Waals surface area (Å²) in [5, 5.41) is 1.58. The zero-order valence-corrected chi connectivity index (χ0v) is 9.30. The molecule has 1 heterocycles. The normalized spacial score (nSPS) is 18.9. The molecule has 0 atom stereocenters. The highest BCUT2D eigenvalue weighted by Gasteiger charge is 2.22. The fraction of sp³-hybridized carbons (Fsp3) is 0.900. The molecular weight excluding hydrogens is 180 g/mol. The number of ether oxygens (including phenoxy) is 1. The number of nitrogens with one attached hydrogen (secondary N) is 1. The van der Waals surface area contributed by atoms with E-state index in [1.54, 1.807) is 5.01 Å². The standard InChI is InChI=1S/C10H20N2O2/c1-10(2,3)14-9(13)12-8-6-4-5-7-11-12/h11H,4-8H2,1-3H3. The lowest BCUT2D eigenvalue weighted by Crippen LogP contribution is -2.45. The topological polar surface area (TPSA) is 41.6 Å². The molecule has 1 N–H and O–H groups in total. The molecule has 0 saturated carbocycles. The number of rotatable bonds is 0. The smallest absolute Gasteiger partial charge is 0.424 e. The predicted molar refractivity (Wildman–Crippen MR) is 54.8 cm³/mol. The van der Waals surface area contributed by atoms with E-state index in [0.717, 1.165) is 25.9 Å². The third kappa shape index (κ3) is 3.96. The Labute approximate surface area is 85.6 Å². The van der Waals surface area contributed by atoms with Gasteiger partial charge in [-0.25, -0.2) is 15.2 Å². The Morgan fingerprint density at radius 1 is 1.29 bits per heavy atom. The summed E-state index contributed by atoms with van der Waals surface area (Å²) in [6.07, 6.45) is 3.08. The van der Waals surface area contributed by atoms with Crippen molar-refractivity contribution in [3.8, 4) is 0 Å². The molecule has 4 heteroatoms. The molecule has 82 valence electrons. The number of nitrogens with zero attached hydrogens (tertiary/aromatic N) is 1. The number of amides is 1. The first-order valence-electron chi connectivity index (χ1n) is 5.23. The third-order valence-corrected chi connectivity index (χ3v) is 1.98. The molecular formula is C10H20N2O2. The molecule has 1 aliphatic rings. The molecule has 1 amide bonds. The zero-order valence-electron chi connectivity index (χ0n) is 9.30. The van der Waals surface area contributed by atoms with Gasteiger partial charge in [0, 0.05) is 13.1 Å². The maximum Gasteiger partial charge on any atom is 0.424 e. The fourth-order valence-corrected chi connectivity index (χ4v) is 1.34. The fourth-order valence-electron chi connectivity index (χ4n) is 1.34. The van der Waals surface area contributed by atoms with Crippen LogP contribution in [-0.4, -0.2) is 29.8 Å². The molecule has 1 rings (SSSR count). The van der Waals surface area contributed by atoms with Crippen molar-refractivity contribution >= 4 is 6.09 Å². The van der Waals surface area contributed by atoms with E-state index in [-0.39, 0.29) is 6.09 Å². The Hall–Kier alpha value is -0.770. The van der Waals surface area contributed by atoms with Gasteiger partial charge in [0.1, 0.15) is 5.60 Å². The van der Waals surface area contributed by atoms with Gasteiger partial charge in [-0.2, -0.15) is 0 Å². The van der Waals surface area contributed by atoms with Crippen molar-refractivity contribution < 1.29 is 9.53 Å². The van der Waals surface area contributed by atoms with Gasteiger partial charge in [0.05, 0.1) is 0 Å². The van der Waals surface area contributed by atoms with Crippen LogP contribution in [0.3, 0.4) is 0 Å². The minimum Gasteiger partial charge on any atom is -0.443 e. The van der Waals surface area contributed by atoms with Crippen molar-refractivity contribution in [1.29, 1.82) is 0 Å². The van der Waals surface area contributed by atoms with E-state index < -0.39 is 5.60 Å². The molecule has 0 spiro atoms. The highest BCUT2D eigenvalue weighted by atomic mass is 16.6. The van der Waals surface area contributed by atoms with Crippen LogP contribution in [0, 0.1) is 0 Å². The Morgan fingerprint density at radius 3 is 2.64 bits per heavy atom. The molecule has 4 nitrogen and oxygen atoms in total. The van der Waals surface area contributed by atoms with E-state index >= 15 is 0 Å². The van der Waals surface area contributed by atoms with Gasteiger partial charge in [-0.3, -0.25) is 0 Å². The van der Waals surface area contributed by atoms with Crippen molar-refractivity contribution in [3.63, 3.8) is 0 Å². The van der Waals surface area contributed by atoms with Gasteiger partial charge in [-0.15, -0.1) is 0 Å². The van der Waals surface area contributed by atoms with Gasteiger partial charge < -0.3 is 4.74 Å². The van der Waals surface area contributed by atoms with Crippen LogP contribution >= 0.6 is 0 Å². The van der Waals surface area contributed by atoms with E-state index in [4.69, 9.17) is 4.74 Å². The first-order valence-corrected chi connectivity index (χ1v) is 5.23. The summed E-state index contributed by atoms with van der Waals surface area (Å²) >= 11 is 0. The Kier molecular flexibility index (Phi) is 3.75. The Morgan fingerprint density at radius 2 is 2.00 bits per heavy atom. The summed E-state index contributed by atoms with van der Waals surface area (Å²) in [6.45, 7) is 7.24. The van der Waals surface area contributed by atoms with Crippen LogP contribution in [-0.2, 0) is 4.74 Å². The van der Waals surface area contributed by atoms with Gasteiger partial charge in [-0.1, -0.05) is 6.42 Å². The highest BCUT2D eigenvalue weighted by molar-refractivity contribution is 5.67. The third-order valence-electron chi connectivity index (χ3n) is 1.98. The molecule has 1 fully saturated rings. The van der Waals surface area contributed by atoms with Crippen molar-refractivity contribution in [2.75, 3.05) is 13.1 Å². The lowest BCUT2D eigenvalue weighted by atomic mass is 10.2. The minimum atomic E-state index is -0.412. The minimum absolute atomic E-state index is 0.264. The van der Waals surface area contributed by atoms with Crippen molar-refractivity contribution in [2.45, 2.75) is 45.6 Å². The van der Waals surface area contributed by atoms with E-state index in [2.05, 4.69) is 5.43 Å². The van der Waals surface area contributed by atoms with E-state index in [1.165, 1.54) is 6.42 Å². The summed E-state index contributed by atoms with van der Waals surface area (Å²) < 4.78 is 5.26. The second kappa shape index (κ2) is 4.64. The predicted octanol–water partition coefficient (Wildman–Crippen LogP) is 1.91. The molecule has 1 aliphatic heterocycles. The molecule has 0 unspecified atom stereocenters. The van der Waals surface area contributed by atoms with Crippen molar-refractivity contribution in [1.82, 2.24) is 10.4 Å². The van der Waals surface area contributed by atoms with Crippen LogP contribution in [0.5, 0.6) is 0 Å². The molecule has 1 saturated heterocycles. The van der Waals surface area contributed by atoms with Gasteiger partial charge in [-0.05, 0) is 33.6 Å². The van der Waals surface area contributed by atoms with Crippen LogP contribution in [0.25, 0.3) is 0 Å². The molecule has 14 heavy (non-hydrogen) atoms. The number of hydrogen-bond acceptors (Lipinski definition) is 3. The highest BCUT2D eigenvalue weighted by Crippen LogP contribution is 2.10. The lowest BCUT2D eigenvalue weighted by molar-refractivity contribution is 0.0152. The first kappa shape index (κ1) is 11.3. The summed E-state index contributed by atoms with van der Waals surface area (Å²) in [5.41, 5.74) is 2.65. The average Bonchev–Trinajstić information content (AvgIpc) is 2.27. The number of hydrazine groups is 1. The van der Waals surface area contributed by atoms with Gasteiger partial charge in [0.15, 0.2) is 0 Å². The van der Waals surface area contributed by atoms with Crippen LogP contribution in [0.1, 0.15) is 40.0 Å². The maximum absolute atomic E-state index is 11.6. The molecule has 0 bridgehead atoms. The summed E-state index contributed by atoms with van der Waals surface area (Å²) in [4.78, 5) is 11.6. The Bertz CT molecular complexity index is 191. The van der Waals surface area contributed by atoms with Crippen molar-refractivity contribution in [3.05, 3.63) is 0 Å². The largest absolute Gasteiger partial charge is 0.443 e. The number of hydrogen-bond donors (Lipinski definition) is 1. The van der Waals surface area contributed by atoms with Gasteiger partial charge >= 0.3 is 6.09 Å². The SMILES string of the molecule is CC(C)(C)OC(=O)N1CCCCCN1. The summed E-state index contributed by atoms with van der Waals surface area (Å²) in [5.74, 6) is 0. The van der Waals surface area contributed by atoms with Crippen LogP contribution in [0.15, 0.2) is 0 Å². The molecule has 0 aromatic heterocycles. The lowest BCUT2D eigenvalue weighted by Gasteiger charge is -2.26. The van der Waals surface area contributed by atoms with Crippen LogP contribution < -0.4 is 5.43 Å². The van der Waals surface area contributed by atoms with Crippen LogP contribution in [0.4, 0.5) is 4.79 Å².